The Kier molecular flexibility index (Phi) is 3.43. The minimum atomic E-state index is 0.155. The molecule has 0 saturated carbocycles. The van der Waals surface area contributed by atoms with Crippen LogP contribution < -0.4 is 0 Å². The van der Waals surface area contributed by atoms with E-state index in [1.165, 1.54) is 21.6 Å². The van der Waals surface area contributed by atoms with Crippen LogP contribution in [0, 0.1) is 13.8 Å². The highest BCUT2D eigenvalue weighted by molar-refractivity contribution is 7.14. The van der Waals surface area contributed by atoms with Crippen molar-refractivity contribution in [2.45, 2.75) is 27.2 Å². The summed E-state index contributed by atoms with van der Waals surface area (Å²) in [6, 6.07) is 10.4. The van der Waals surface area contributed by atoms with Gasteiger partial charge in [0, 0.05) is 11.3 Å². The average Bonchev–Trinajstić information content (AvgIpc) is 2.72. The maximum atomic E-state index is 11.3. The van der Waals surface area contributed by atoms with Crippen LogP contribution in [0.1, 0.15) is 38.2 Å². The topological polar surface area (TPSA) is 17.1 Å². The van der Waals surface area contributed by atoms with Crippen molar-refractivity contribution in [3.8, 4) is 0 Å². The van der Waals surface area contributed by atoms with Gasteiger partial charge in [0.15, 0.2) is 5.78 Å². The van der Waals surface area contributed by atoms with Crippen LogP contribution in [-0.4, -0.2) is 5.78 Å². The van der Waals surface area contributed by atoms with Gasteiger partial charge in [-0.15, -0.1) is 11.3 Å². The molecule has 0 N–H and O–H groups in total. The summed E-state index contributed by atoms with van der Waals surface area (Å²) in [4.78, 5) is 13.4. The van der Waals surface area contributed by atoms with Gasteiger partial charge in [0.2, 0.25) is 0 Å². The van der Waals surface area contributed by atoms with Crippen LogP contribution in [-0.2, 0) is 6.42 Å². The minimum absolute atomic E-state index is 0.155. The van der Waals surface area contributed by atoms with Crippen LogP contribution in [0.3, 0.4) is 0 Å². The number of carbonyl (C=O) groups is 1. The fraction of sp³-hybridized carbons (Fsp3) is 0.267. The number of rotatable bonds is 3. The highest BCUT2D eigenvalue weighted by atomic mass is 32.1. The summed E-state index contributed by atoms with van der Waals surface area (Å²) in [5, 5.41) is 0. The number of hydrogen-bond donors (Lipinski definition) is 0. The molecule has 0 atom stereocenters. The molecular formula is C15H16OS. The third kappa shape index (κ3) is 2.64. The zero-order chi connectivity index (χ0) is 12.4. The Labute approximate surface area is 106 Å². The summed E-state index contributed by atoms with van der Waals surface area (Å²) in [5.74, 6) is 0.155. The summed E-state index contributed by atoms with van der Waals surface area (Å²) in [6.45, 7) is 5.90. The van der Waals surface area contributed by atoms with E-state index < -0.39 is 0 Å². The molecule has 0 aliphatic carbocycles. The Hall–Kier alpha value is -1.41. The van der Waals surface area contributed by atoms with E-state index in [2.05, 4.69) is 38.1 Å². The maximum Gasteiger partial charge on any atom is 0.169 e. The molecule has 1 nitrogen and oxygen atoms in total. The molecule has 0 bridgehead atoms. The van der Waals surface area contributed by atoms with Crippen LogP contribution in [0.5, 0.6) is 0 Å². The second-order valence-electron chi connectivity index (χ2n) is 4.37. The molecule has 0 unspecified atom stereocenters. The van der Waals surface area contributed by atoms with E-state index in [0.717, 1.165) is 11.3 Å². The van der Waals surface area contributed by atoms with Gasteiger partial charge < -0.3 is 0 Å². The molecule has 17 heavy (non-hydrogen) atoms. The number of ketones is 1. The third-order valence-corrected chi connectivity index (χ3v) is 4.19. The van der Waals surface area contributed by atoms with E-state index in [1.54, 1.807) is 18.3 Å². The van der Waals surface area contributed by atoms with Crippen LogP contribution in [0.15, 0.2) is 30.3 Å². The lowest BCUT2D eigenvalue weighted by Crippen LogP contribution is -1.93. The van der Waals surface area contributed by atoms with Gasteiger partial charge in [-0.05, 0) is 49.6 Å². The van der Waals surface area contributed by atoms with Gasteiger partial charge in [-0.3, -0.25) is 4.79 Å². The lowest BCUT2D eigenvalue weighted by molar-refractivity contribution is 0.102. The number of benzene rings is 1. The second kappa shape index (κ2) is 4.84. The van der Waals surface area contributed by atoms with Gasteiger partial charge in [0.25, 0.3) is 0 Å². The van der Waals surface area contributed by atoms with E-state index in [0.29, 0.717) is 0 Å². The van der Waals surface area contributed by atoms with Gasteiger partial charge in [-0.2, -0.15) is 0 Å². The number of Topliss-reactive ketones (excluding diaryl/α,β-unsaturated/α-hetero) is 1. The number of hydrogen-bond acceptors (Lipinski definition) is 2. The van der Waals surface area contributed by atoms with Crippen molar-refractivity contribution in [3.05, 3.63) is 56.8 Å². The lowest BCUT2D eigenvalue weighted by Gasteiger charge is -2.07. The van der Waals surface area contributed by atoms with Crippen molar-refractivity contribution in [1.82, 2.24) is 0 Å². The van der Waals surface area contributed by atoms with Crippen molar-refractivity contribution in [3.63, 3.8) is 0 Å². The molecule has 1 aromatic heterocycles. The highest BCUT2D eigenvalue weighted by Gasteiger charge is 2.07. The van der Waals surface area contributed by atoms with Crippen molar-refractivity contribution in [1.29, 1.82) is 0 Å². The van der Waals surface area contributed by atoms with Crippen LogP contribution in [0.25, 0.3) is 0 Å². The quantitative estimate of drug-likeness (QED) is 0.741. The fourth-order valence-corrected chi connectivity index (χ4v) is 2.88. The first-order chi connectivity index (χ1) is 8.08. The predicted molar refractivity (Wildman–Crippen MR) is 73.0 cm³/mol. The predicted octanol–water partition coefficient (Wildman–Crippen LogP) is 4.16. The fourth-order valence-electron chi connectivity index (χ4n) is 1.96. The van der Waals surface area contributed by atoms with E-state index in [9.17, 15) is 4.79 Å². The Morgan fingerprint density at radius 3 is 2.29 bits per heavy atom. The summed E-state index contributed by atoms with van der Waals surface area (Å²) in [6.07, 6.45) is 0.927. The summed E-state index contributed by atoms with van der Waals surface area (Å²) >= 11 is 1.60. The average molecular weight is 244 g/mol. The molecule has 1 aromatic carbocycles. The second-order valence-corrected chi connectivity index (χ2v) is 5.54. The van der Waals surface area contributed by atoms with Crippen LogP contribution in [0.2, 0.25) is 0 Å². The van der Waals surface area contributed by atoms with E-state index in [1.807, 2.05) is 6.07 Å². The van der Waals surface area contributed by atoms with E-state index >= 15 is 0 Å². The Morgan fingerprint density at radius 1 is 1.12 bits per heavy atom. The summed E-state index contributed by atoms with van der Waals surface area (Å²) < 4.78 is 0. The van der Waals surface area contributed by atoms with Gasteiger partial charge in [0.05, 0.1) is 4.88 Å². The van der Waals surface area contributed by atoms with Gasteiger partial charge in [-0.25, -0.2) is 0 Å². The maximum absolute atomic E-state index is 11.3. The smallest absolute Gasteiger partial charge is 0.169 e. The number of aryl methyl sites for hydroxylation is 2. The number of thiophene rings is 1. The molecular weight excluding hydrogens is 228 g/mol. The molecule has 0 aliphatic rings. The molecule has 1 heterocycles. The third-order valence-electron chi connectivity index (χ3n) is 3.00. The zero-order valence-corrected chi connectivity index (χ0v) is 11.2. The molecule has 0 fully saturated rings. The van der Waals surface area contributed by atoms with Crippen LogP contribution in [0.4, 0.5) is 0 Å². The summed E-state index contributed by atoms with van der Waals surface area (Å²) in [7, 11) is 0. The minimum Gasteiger partial charge on any atom is -0.294 e. The molecule has 0 aliphatic heterocycles. The highest BCUT2D eigenvalue weighted by Crippen LogP contribution is 2.23. The first-order valence-corrected chi connectivity index (χ1v) is 6.54. The molecule has 0 amide bonds. The molecule has 0 spiro atoms. The standard InChI is InChI=1S/C15H16OS/c1-10-5-4-6-11(2)14(10)9-13-7-8-15(17-13)12(3)16/h4-8H,9H2,1-3H3. The number of carbonyl (C=O) groups excluding carboxylic acids is 1. The molecule has 2 heteroatoms. The van der Waals surface area contributed by atoms with E-state index in [4.69, 9.17) is 0 Å². The molecule has 88 valence electrons. The van der Waals surface area contributed by atoms with Gasteiger partial charge >= 0.3 is 0 Å². The Balaban J connectivity index is 2.28. The van der Waals surface area contributed by atoms with E-state index in [-0.39, 0.29) is 5.78 Å². The van der Waals surface area contributed by atoms with Crippen molar-refractivity contribution in [2.75, 3.05) is 0 Å². The molecule has 0 saturated heterocycles. The molecule has 2 aromatic rings. The molecule has 0 radical (unpaired) electrons. The Morgan fingerprint density at radius 2 is 1.76 bits per heavy atom. The lowest BCUT2D eigenvalue weighted by atomic mass is 9.99. The normalized spacial score (nSPS) is 10.5. The Bertz CT molecular complexity index is 532. The molecule has 2 rings (SSSR count). The van der Waals surface area contributed by atoms with Gasteiger partial charge in [-0.1, -0.05) is 18.2 Å². The zero-order valence-electron chi connectivity index (χ0n) is 10.4. The van der Waals surface area contributed by atoms with Gasteiger partial charge in [0.1, 0.15) is 0 Å². The first-order valence-electron chi connectivity index (χ1n) is 5.72. The summed E-state index contributed by atoms with van der Waals surface area (Å²) in [5.41, 5.74) is 4.02. The SMILES string of the molecule is CC(=O)c1ccc(Cc2c(C)cccc2C)s1. The van der Waals surface area contributed by atoms with Crippen molar-refractivity contribution < 1.29 is 4.79 Å². The monoisotopic (exact) mass is 244 g/mol. The largest absolute Gasteiger partial charge is 0.294 e. The first kappa shape index (κ1) is 12.1. The van der Waals surface area contributed by atoms with Crippen molar-refractivity contribution in [2.24, 2.45) is 0 Å². The van der Waals surface area contributed by atoms with Crippen LogP contribution >= 0.6 is 11.3 Å². The van der Waals surface area contributed by atoms with Crippen molar-refractivity contribution >= 4 is 17.1 Å².